The number of anilines is 2. The number of nitrogens with two attached hydrogens (primary N) is 1. The minimum absolute atomic E-state index is 0.197. The van der Waals surface area contributed by atoms with Gasteiger partial charge in [0.15, 0.2) is 0 Å². The van der Waals surface area contributed by atoms with Gasteiger partial charge in [-0.2, -0.15) is 15.0 Å². The molecule has 1 atom stereocenters. The van der Waals surface area contributed by atoms with Crippen molar-refractivity contribution in [3.8, 4) is 6.01 Å². The topological polar surface area (TPSA) is 109 Å². The Morgan fingerprint density at radius 3 is 2.71 bits per heavy atom. The molecule has 0 fully saturated rings. The van der Waals surface area contributed by atoms with Crippen LogP contribution < -0.4 is 20.9 Å². The fraction of sp³-hybridized carbons (Fsp3) is 0.667. The molecule has 0 aromatic carbocycles. The number of ether oxygens (including phenoxy) is 1. The molecule has 4 N–H and O–H groups in total. The summed E-state index contributed by atoms with van der Waals surface area (Å²) < 4.78 is 5.20. The van der Waals surface area contributed by atoms with E-state index in [9.17, 15) is 5.11 Å². The summed E-state index contributed by atoms with van der Waals surface area (Å²) in [6, 6.07) is 0.197. The van der Waals surface area contributed by atoms with E-state index < -0.39 is 6.10 Å². The van der Waals surface area contributed by atoms with Crippen molar-refractivity contribution in [3.63, 3.8) is 0 Å². The molecule has 1 heterocycles. The SMILES string of the molecule is CCOc1nc(NN)nc(N(C)CC(C)O)n1. The molecule has 0 saturated heterocycles. The van der Waals surface area contributed by atoms with Crippen molar-refractivity contribution in [2.75, 3.05) is 30.5 Å². The summed E-state index contributed by atoms with van der Waals surface area (Å²) in [6.07, 6.45) is -0.485. The lowest BCUT2D eigenvalue weighted by Crippen LogP contribution is -2.29. The molecule has 96 valence electrons. The predicted molar refractivity (Wildman–Crippen MR) is 63.8 cm³/mol. The molecule has 0 spiro atoms. The van der Waals surface area contributed by atoms with Gasteiger partial charge in [0.05, 0.1) is 12.7 Å². The van der Waals surface area contributed by atoms with Gasteiger partial charge >= 0.3 is 6.01 Å². The van der Waals surface area contributed by atoms with Gasteiger partial charge in [-0.1, -0.05) is 0 Å². The van der Waals surface area contributed by atoms with Crippen LogP contribution in [0.4, 0.5) is 11.9 Å². The number of rotatable bonds is 6. The molecule has 0 aliphatic carbocycles. The van der Waals surface area contributed by atoms with Crippen LogP contribution in [0.3, 0.4) is 0 Å². The van der Waals surface area contributed by atoms with Crippen LogP contribution in [0.1, 0.15) is 13.8 Å². The van der Waals surface area contributed by atoms with Gasteiger partial charge in [-0.25, -0.2) is 5.84 Å². The first-order valence-corrected chi connectivity index (χ1v) is 5.31. The quantitative estimate of drug-likeness (QED) is 0.447. The summed E-state index contributed by atoms with van der Waals surface area (Å²) >= 11 is 0. The average molecular weight is 242 g/mol. The summed E-state index contributed by atoms with van der Waals surface area (Å²) in [6.45, 7) is 4.37. The third kappa shape index (κ3) is 4.00. The lowest BCUT2D eigenvalue weighted by atomic mass is 10.4. The van der Waals surface area contributed by atoms with Gasteiger partial charge in [0.1, 0.15) is 0 Å². The van der Waals surface area contributed by atoms with E-state index in [2.05, 4.69) is 20.4 Å². The van der Waals surface area contributed by atoms with E-state index in [1.165, 1.54) is 0 Å². The number of hydrazine groups is 1. The summed E-state index contributed by atoms with van der Waals surface area (Å²) in [5, 5.41) is 9.30. The lowest BCUT2D eigenvalue weighted by Gasteiger charge is -2.19. The molecule has 1 aromatic rings. The molecule has 8 heteroatoms. The average Bonchev–Trinajstić information content (AvgIpc) is 2.28. The smallest absolute Gasteiger partial charge is 0.323 e. The Morgan fingerprint density at radius 2 is 2.18 bits per heavy atom. The van der Waals surface area contributed by atoms with Crippen LogP contribution in [0.15, 0.2) is 0 Å². The van der Waals surface area contributed by atoms with Gasteiger partial charge in [-0.05, 0) is 13.8 Å². The van der Waals surface area contributed by atoms with Gasteiger partial charge in [0, 0.05) is 13.6 Å². The highest BCUT2D eigenvalue weighted by Gasteiger charge is 2.12. The van der Waals surface area contributed by atoms with Crippen LogP contribution in [-0.4, -0.2) is 46.4 Å². The van der Waals surface area contributed by atoms with E-state index in [1.54, 1.807) is 18.9 Å². The summed E-state index contributed by atoms with van der Waals surface area (Å²) in [7, 11) is 1.76. The van der Waals surface area contributed by atoms with Crippen molar-refractivity contribution in [3.05, 3.63) is 0 Å². The Morgan fingerprint density at radius 1 is 1.47 bits per heavy atom. The Hall–Kier alpha value is -1.67. The van der Waals surface area contributed by atoms with E-state index >= 15 is 0 Å². The molecule has 0 radical (unpaired) electrons. The molecule has 1 rings (SSSR count). The second kappa shape index (κ2) is 6.16. The minimum atomic E-state index is -0.485. The number of nitrogen functional groups attached to an aromatic ring is 1. The largest absolute Gasteiger partial charge is 0.464 e. The number of nitrogens with one attached hydrogen (secondary N) is 1. The summed E-state index contributed by atoms with van der Waals surface area (Å²) in [5.74, 6) is 5.86. The highest BCUT2D eigenvalue weighted by atomic mass is 16.5. The Balaban J connectivity index is 2.93. The zero-order valence-electron chi connectivity index (χ0n) is 10.2. The maximum absolute atomic E-state index is 9.30. The van der Waals surface area contributed by atoms with Crippen molar-refractivity contribution in [1.29, 1.82) is 0 Å². The van der Waals surface area contributed by atoms with Gasteiger partial charge in [0.2, 0.25) is 11.9 Å². The fourth-order valence-corrected chi connectivity index (χ4v) is 1.25. The molecule has 0 aliphatic rings. The molecule has 1 aromatic heterocycles. The van der Waals surface area contributed by atoms with E-state index in [0.29, 0.717) is 19.1 Å². The van der Waals surface area contributed by atoms with Crippen LogP contribution >= 0.6 is 0 Å². The van der Waals surface area contributed by atoms with Gasteiger partial charge in [-0.15, -0.1) is 0 Å². The normalized spacial score (nSPS) is 12.1. The van der Waals surface area contributed by atoms with Crippen molar-refractivity contribution in [2.45, 2.75) is 20.0 Å². The number of aliphatic hydroxyl groups is 1. The molecule has 17 heavy (non-hydrogen) atoms. The number of aromatic nitrogens is 3. The molecule has 0 aliphatic heterocycles. The Kier molecular flexibility index (Phi) is 4.85. The number of aliphatic hydroxyl groups excluding tert-OH is 1. The first-order chi connectivity index (χ1) is 8.06. The third-order valence-corrected chi connectivity index (χ3v) is 1.89. The summed E-state index contributed by atoms with van der Waals surface area (Å²) in [4.78, 5) is 13.8. The predicted octanol–water partition coefficient (Wildman–Crippen LogP) is -0.627. The van der Waals surface area contributed by atoms with Gasteiger partial charge in [-0.3, -0.25) is 5.43 Å². The molecule has 0 saturated carbocycles. The zero-order valence-corrected chi connectivity index (χ0v) is 10.2. The van der Waals surface area contributed by atoms with E-state index in [0.717, 1.165) is 0 Å². The standard InChI is InChI=1S/C9H18N6O2/c1-4-17-9-12-7(14-10)11-8(13-9)15(3)5-6(2)16/h6,16H,4-5,10H2,1-3H3,(H,11,12,13,14). The maximum Gasteiger partial charge on any atom is 0.323 e. The summed E-state index contributed by atoms with van der Waals surface area (Å²) in [5.41, 5.74) is 2.34. The van der Waals surface area contributed by atoms with Crippen molar-refractivity contribution in [1.82, 2.24) is 15.0 Å². The zero-order chi connectivity index (χ0) is 12.8. The van der Waals surface area contributed by atoms with E-state index in [1.807, 2.05) is 6.92 Å². The minimum Gasteiger partial charge on any atom is -0.464 e. The number of likely N-dealkylation sites (N-methyl/N-ethyl adjacent to an activating group) is 1. The number of hydrogen-bond donors (Lipinski definition) is 3. The molecule has 0 bridgehead atoms. The van der Waals surface area contributed by atoms with Crippen molar-refractivity contribution < 1.29 is 9.84 Å². The highest BCUT2D eigenvalue weighted by molar-refractivity contribution is 5.36. The second-order valence-electron chi connectivity index (χ2n) is 3.55. The second-order valence-corrected chi connectivity index (χ2v) is 3.55. The fourth-order valence-electron chi connectivity index (χ4n) is 1.25. The maximum atomic E-state index is 9.30. The van der Waals surface area contributed by atoms with Crippen LogP contribution in [0.5, 0.6) is 6.01 Å². The molecular formula is C9H18N6O2. The Labute approximate surface area is 99.8 Å². The number of hydrogen-bond acceptors (Lipinski definition) is 8. The van der Waals surface area contributed by atoms with Crippen LogP contribution in [0.2, 0.25) is 0 Å². The Bertz CT molecular complexity index is 359. The molecular weight excluding hydrogens is 224 g/mol. The third-order valence-electron chi connectivity index (χ3n) is 1.89. The molecule has 0 amide bonds. The van der Waals surface area contributed by atoms with Gasteiger partial charge in [0.25, 0.3) is 0 Å². The van der Waals surface area contributed by atoms with Crippen LogP contribution in [0.25, 0.3) is 0 Å². The van der Waals surface area contributed by atoms with E-state index in [-0.39, 0.29) is 12.0 Å². The van der Waals surface area contributed by atoms with Crippen molar-refractivity contribution >= 4 is 11.9 Å². The first-order valence-electron chi connectivity index (χ1n) is 5.31. The van der Waals surface area contributed by atoms with Crippen LogP contribution in [-0.2, 0) is 0 Å². The molecule has 1 unspecified atom stereocenters. The highest BCUT2D eigenvalue weighted by Crippen LogP contribution is 2.13. The lowest BCUT2D eigenvalue weighted by molar-refractivity contribution is 0.201. The van der Waals surface area contributed by atoms with E-state index in [4.69, 9.17) is 10.6 Å². The molecule has 8 nitrogen and oxygen atoms in total. The monoisotopic (exact) mass is 242 g/mol. The first kappa shape index (κ1) is 13.4. The van der Waals surface area contributed by atoms with Gasteiger partial charge < -0.3 is 14.7 Å². The van der Waals surface area contributed by atoms with Crippen molar-refractivity contribution in [2.24, 2.45) is 5.84 Å². The number of nitrogens with zero attached hydrogens (tertiary/aromatic N) is 4. The van der Waals surface area contributed by atoms with Crippen LogP contribution in [0, 0.1) is 0 Å².